The minimum atomic E-state index is -0.454. The highest BCUT2D eigenvalue weighted by molar-refractivity contribution is 5.92. The topological polar surface area (TPSA) is 66.9 Å². The number of esters is 1. The van der Waals surface area contributed by atoms with E-state index in [-0.39, 0.29) is 0 Å². The Balaban J connectivity index is 2.09. The number of hydrogen-bond acceptors (Lipinski definition) is 6. The number of carbonyl (C=O) groups is 1. The first-order valence-electron chi connectivity index (χ1n) is 19.9. The monoisotopic (exact) mass is 668 g/mol. The fraction of sp³-hybridized carbons (Fsp3) is 0.714. The Morgan fingerprint density at radius 2 is 0.854 bits per heavy atom. The summed E-state index contributed by atoms with van der Waals surface area (Å²) in [6.45, 7) is 8.51. The van der Waals surface area contributed by atoms with Gasteiger partial charge in [0.05, 0.1) is 25.4 Å². The summed E-state index contributed by atoms with van der Waals surface area (Å²) in [5, 5.41) is 0. The molecule has 2 rings (SSSR count). The molecule has 0 bridgehead atoms. The average Bonchev–Trinajstić information content (AvgIpc) is 3.10. The van der Waals surface area contributed by atoms with Crippen LogP contribution in [-0.4, -0.2) is 30.8 Å². The van der Waals surface area contributed by atoms with E-state index >= 15 is 0 Å². The number of pyridine rings is 1. The molecule has 0 aliphatic rings. The predicted octanol–water partition coefficient (Wildman–Crippen LogP) is 12.9. The first-order chi connectivity index (χ1) is 23.7. The third-order valence-corrected chi connectivity index (χ3v) is 8.87. The van der Waals surface area contributed by atoms with Crippen LogP contribution in [0.2, 0.25) is 0 Å². The van der Waals surface area contributed by atoms with Crippen molar-refractivity contribution in [2.45, 2.75) is 175 Å². The summed E-state index contributed by atoms with van der Waals surface area (Å²) in [7, 11) is 0. The fourth-order valence-corrected chi connectivity index (χ4v) is 5.87. The maximum absolute atomic E-state index is 13.3. The maximum Gasteiger partial charge on any atom is 0.343 e. The van der Waals surface area contributed by atoms with Crippen molar-refractivity contribution in [2.24, 2.45) is 0 Å². The zero-order valence-corrected chi connectivity index (χ0v) is 31.0. The molecule has 0 radical (unpaired) electrons. The Hall–Kier alpha value is -2.76. The van der Waals surface area contributed by atoms with Gasteiger partial charge in [0.2, 0.25) is 5.75 Å². The van der Waals surface area contributed by atoms with Crippen LogP contribution >= 0.6 is 0 Å². The number of nitrogens with zero attached hydrogens (tertiary/aromatic N) is 1. The number of carbonyl (C=O) groups excluding carboxylic acids is 1. The van der Waals surface area contributed by atoms with Gasteiger partial charge in [-0.15, -0.1) is 0 Å². The van der Waals surface area contributed by atoms with Gasteiger partial charge in [-0.1, -0.05) is 156 Å². The van der Waals surface area contributed by atoms with Gasteiger partial charge in [0.25, 0.3) is 0 Å². The molecule has 0 N–H and O–H groups in total. The largest absolute Gasteiger partial charge is 0.490 e. The van der Waals surface area contributed by atoms with Crippen LogP contribution in [0.1, 0.15) is 185 Å². The minimum Gasteiger partial charge on any atom is -0.490 e. The van der Waals surface area contributed by atoms with Gasteiger partial charge in [-0.3, -0.25) is 4.98 Å². The average molecular weight is 668 g/mol. The molecule has 1 aromatic heterocycles. The molecule has 48 heavy (non-hydrogen) atoms. The highest BCUT2D eigenvalue weighted by Gasteiger charge is 2.20. The summed E-state index contributed by atoms with van der Waals surface area (Å²) < 4.78 is 24.8. The van der Waals surface area contributed by atoms with Crippen molar-refractivity contribution in [1.29, 1.82) is 0 Å². The van der Waals surface area contributed by atoms with Crippen LogP contribution in [0.5, 0.6) is 23.0 Å². The molecule has 0 atom stereocenters. The Bertz CT molecular complexity index is 1000. The van der Waals surface area contributed by atoms with Gasteiger partial charge in [-0.2, -0.15) is 0 Å². The van der Waals surface area contributed by atoms with Crippen LogP contribution < -0.4 is 18.9 Å². The summed E-state index contributed by atoms with van der Waals surface area (Å²) >= 11 is 0. The van der Waals surface area contributed by atoms with E-state index in [0.29, 0.717) is 48.4 Å². The van der Waals surface area contributed by atoms with Gasteiger partial charge >= 0.3 is 5.97 Å². The minimum absolute atomic E-state index is 0.392. The molecule has 0 spiro atoms. The molecule has 0 aliphatic heterocycles. The first kappa shape index (κ1) is 41.4. The van der Waals surface area contributed by atoms with E-state index in [4.69, 9.17) is 18.9 Å². The van der Waals surface area contributed by atoms with Crippen molar-refractivity contribution in [2.75, 3.05) is 19.8 Å². The van der Waals surface area contributed by atoms with E-state index in [1.165, 1.54) is 116 Å². The molecular formula is C42H69NO5. The van der Waals surface area contributed by atoms with Gasteiger partial charge in [0.15, 0.2) is 11.5 Å². The molecule has 1 aromatic carbocycles. The van der Waals surface area contributed by atoms with Crippen molar-refractivity contribution in [3.63, 3.8) is 0 Å². The molecular weight excluding hydrogens is 598 g/mol. The third-order valence-electron chi connectivity index (χ3n) is 8.87. The second-order valence-electron chi connectivity index (χ2n) is 13.3. The van der Waals surface area contributed by atoms with E-state index in [1.807, 2.05) is 0 Å². The van der Waals surface area contributed by atoms with Crippen molar-refractivity contribution in [3.8, 4) is 23.0 Å². The van der Waals surface area contributed by atoms with E-state index in [9.17, 15) is 4.79 Å². The lowest BCUT2D eigenvalue weighted by atomic mass is 10.1. The SMILES string of the molecule is CCCCCCCCCCOc1cc(C(=O)Oc2ccncc2)cc(OCCCCCCCCCC)c1OCCCCCCCCCC. The maximum atomic E-state index is 13.3. The molecule has 0 amide bonds. The number of rotatable bonds is 32. The van der Waals surface area contributed by atoms with Crippen LogP contribution in [0.3, 0.4) is 0 Å². The number of hydrogen-bond donors (Lipinski definition) is 0. The fourth-order valence-electron chi connectivity index (χ4n) is 5.87. The Labute approximate surface area is 294 Å². The quantitative estimate of drug-likeness (QED) is 0.0571. The molecule has 272 valence electrons. The van der Waals surface area contributed by atoms with Gasteiger partial charge < -0.3 is 18.9 Å². The van der Waals surface area contributed by atoms with Crippen LogP contribution in [0.15, 0.2) is 36.7 Å². The van der Waals surface area contributed by atoms with Crippen molar-refractivity contribution in [3.05, 3.63) is 42.2 Å². The number of aromatic nitrogens is 1. The van der Waals surface area contributed by atoms with Crippen LogP contribution in [-0.2, 0) is 0 Å². The normalized spacial score (nSPS) is 11.1. The van der Waals surface area contributed by atoms with E-state index in [0.717, 1.165) is 38.5 Å². The molecule has 0 unspecified atom stereocenters. The van der Waals surface area contributed by atoms with Crippen molar-refractivity contribution in [1.82, 2.24) is 4.98 Å². The highest BCUT2D eigenvalue weighted by atomic mass is 16.5. The number of unbranched alkanes of at least 4 members (excludes halogenated alkanes) is 21. The van der Waals surface area contributed by atoms with Gasteiger partial charge in [0.1, 0.15) is 5.75 Å². The summed E-state index contributed by atoms with van der Waals surface area (Å²) in [6.07, 6.45) is 32.8. The Kier molecular flexibility index (Phi) is 25.2. The molecule has 6 nitrogen and oxygen atoms in total. The number of ether oxygens (including phenoxy) is 4. The zero-order chi connectivity index (χ0) is 34.3. The molecule has 6 heteroatoms. The molecule has 1 heterocycles. The van der Waals surface area contributed by atoms with Crippen LogP contribution in [0.4, 0.5) is 0 Å². The molecule has 0 saturated carbocycles. The van der Waals surface area contributed by atoms with E-state index < -0.39 is 5.97 Å². The van der Waals surface area contributed by atoms with Gasteiger partial charge in [-0.05, 0) is 43.5 Å². The predicted molar refractivity (Wildman–Crippen MR) is 200 cm³/mol. The lowest BCUT2D eigenvalue weighted by Gasteiger charge is -2.19. The standard InChI is InChI=1S/C42H69NO5/c1-4-7-10-13-16-19-22-25-32-45-39-35-37(42(44)48-38-28-30-43-31-29-38)36-40(46-33-26-23-20-17-14-11-8-5-2)41(39)47-34-27-24-21-18-15-12-9-6-3/h28-31,35-36H,4-27,32-34H2,1-3H3. The molecule has 0 saturated heterocycles. The Morgan fingerprint density at radius 3 is 1.25 bits per heavy atom. The van der Waals surface area contributed by atoms with E-state index in [1.54, 1.807) is 36.7 Å². The smallest absolute Gasteiger partial charge is 0.343 e. The van der Waals surface area contributed by atoms with Gasteiger partial charge in [-0.25, -0.2) is 4.79 Å². The molecule has 0 fully saturated rings. The van der Waals surface area contributed by atoms with Crippen LogP contribution in [0.25, 0.3) is 0 Å². The van der Waals surface area contributed by atoms with Crippen LogP contribution in [0, 0.1) is 0 Å². The second-order valence-corrected chi connectivity index (χ2v) is 13.3. The van der Waals surface area contributed by atoms with Gasteiger partial charge in [0, 0.05) is 12.4 Å². The molecule has 0 aliphatic carbocycles. The lowest BCUT2D eigenvalue weighted by molar-refractivity contribution is 0.0733. The van der Waals surface area contributed by atoms with Crippen molar-refractivity contribution < 1.29 is 23.7 Å². The summed E-state index contributed by atoms with van der Waals surface area (Å²) in [6, 6.07) is 6.89. The third kappa shape index (κ3) is 19.9. The van der Waals surface area contributed by atoms with E-state index in [2.05, 4.69) is 25.8 Å². The lowest BCUT2D eigenvalue weighted by Crippen LogP contribution is -2.12. The zero-order valence-electron chi connectivity index (χ0n) is 31.0. The highest BCUT2D eigenvalue weighted by Crippen LogP contribution is 2.40. The summed E-state index contributed by atoms with van der Waals surface area (Å²) in [5.74, 6) is 1.73. The first-order valence-corrected chi connectivity index (χ1v) is 19.9. The van der Waals surface area contributed by atoms with Crippen molar-refractivity contribution >= 4 is 5.97 Å². The summed E-state index contributed by atoms with van der Waals surface area (Å²) in [5.41, 5.74) is 0.392. The second kappa shape index (κ2) is 29.2. The Morgan fingerprint density at radius 1 is 0.500 bits per heavy atom. The summed E-state index contributed by atoms with van der Waals surface area (Å²) in [4.78, 5) is 17.3. The number of benzene rings is 1. The molecule has 2 aromatic rings.